The van der Waals surface area contributed by atoms with Gasteiger partial charge in [-0.2, -0.15) is 0 Å². The smallest absolute Gasteiger partial charge is 0.348 e. The molecule has 0 spiro atoms. The van der Waals surface area contributed by atoms with E-state index in [-0.39, 0.29) is 12.6 Å². The molecule has 0 aliphatic carbocycles. The average molecular weight is 349 g/mol. The standard InChI is InChI=1S/C20H15NO3S/c1-13-16(21-19(24-13)14-7-3-2-4-8-14)12-23-20(22)18-11-15-9-5-6-10-17(15)25-18/h2-11H,12H2,1H3. The lowest BCUT2D eigenvalue weighted by molar-refractivity contribution is 0.0473. The Morgan fingerprint density at radius 2 is 1.88 bits per heavy atom. The number of rotatable bonds is 4. The number of oxazole rings is 1. The van der Waals surface area contributed by atoms with Gasteiger partial charge in [0.1, 0.15) is 22.9 Å². The summed E-state index contributed by atoms with van der Waals surface area (Å²) in [4.78, 5) is 17.3. The van der Waals surface area contributed by atoms with Crippen molar-refractivity contribution in [2.45, 2.75) is 13.5 Å². The van der Waals surface area contributed by atoms with E-state index in [4.69, 9.17) is 9.15 Å². The number of carbonyl (C=O) groups is 1. The predicted octanol–water partition coefficient (Wildman–Crippen LogP) is 5.22. The predicted molar refractivity (Wildman–Crippen MR) is 97.6 cm³/mol. The van der Waals surface area contributed by atoms with E-state index in [1.165, 1.54) is 11.3 Å². The van der Waals surface area contributed by atoms with Gasteiger partial charge >= 0.3 is 5.97 Å². The Labute approximate surface area is 148 Å². The number of aryl methyl sites for hydroxylation is 1. The third kappa shape index (κ3) is 3.19. The minimum atomic E-state index is -0.343. The van der Waals surface area contributed by atoms with Gasteiger partial charge in [-0.05, 0) is 36.6 Å². The average Bonchev–Trinajstić information content (AvgIpc) is 3.24. The number of hydrogen-bond donors (Lipinski definition) is 0. The van der Waals surface area contributed by atoms with E-state index in [9.17, 15) is 4.79 Å². The van der Waals surface area contributed by atoms with Crippen LogP contribution in [-0.2, 0) is 11.3 Å². The maximum absolute atomic E-state index is 12.3. The second kappa shape index (κ2) is 6.53. The zero-order valence-corrected chi connectivity index (χ0v) is 14.4. The summed E-state index contributed by atoms with van der Waals surface area (Å²) in [6.07, 6.45) is 0. The summed E-state index contributed by atoms with van der Waals surface area (Å²) in [6.45, 7) is 1.91. The SMILES string of the molecule is Cc1oc(-c2ccccc2)nc1COC(=O)c1cc2ccccc2s1. The fraction of sp³-hybridized carbons (Fsp3) is 0.100. The highest BCUT2D eigenvalue weighted by molar-refractivity contribution is 7.20. The van der Waals surface area contributed by atoms with Crippen LogP contribution in [0.15, 0.2) is 65.1 Å². The molecule has 4 nitrogen and oxygen atoms in total. The van der Waals surface area contributed by atoms with Gasteiger partial charge in [-0.25, -0.2) is 9.78 Å². The molecule has 2 aromatic carbocycles. The molecule has 0 fully saturated rings. The van der Waals surface area contributed by atoms with Crippen LogP contribution in [0.2, 0.25) is 0 Å². The number of nitrogens with zero attached hydrogens (tertiary/aromatic N) is 1. The number of ether oxygens (including phenoxy) is 1. The number of esters is 1. The molecule has 2 heterocycles. The van der Waals surface area contributed by atoms with Crippen molar-refractivity contribution in [3.63, 3.8) is 0 Å². The molecule has 124 valence electrons. The highest BCUT2D eigenvalue weighted by Gasteiger charge is 2.16. The maximum atomic E-state index is 12.3. The lowest BCUT2D eigenvalue weighted by atomic mass is 10.2. The summed E-state index contributed by atoms with van der Waals surface area (Å²) < 4.78 is 12.2. The van der Waals surface area contributed by atoms with Crippen molar-refractivity contribution < 1.29 is 13.9 Å². The summed E-state index contributed by atoms with van der Waals surface area (Å²) in [5, 5.41) is 1.04. The number of fused-ring (bicyclic) bond motifs is 1. The normalized spacial score (nSPS) is 10.9. The van der Waals surface area contributed by atoms with Crippen LogP contribution >= 0.6 is 11.3 Å². The monoisotopic (exact) mass is 349 g/mol. The Balaban J connectivity index is 1.49. The van der Waals surface area contributed by atoms with Crippen LogP contribution in [0.25, 0.3) is 21.5 Å². The molecular formula is C20H15NO3S. The van der Waals surface area contributed by atoms with Crippen LogP contribution in [0.5, 0.6) is 0 Å². The first-order valence-electron chi connectivity index (χ1n) is 7.88. The first-order valence-corrected chi connectivity index (χ1v) is 8.70. The van der Waals surface area contributed by atoms with Crippen molar-refractivity contribution in [2.24, 2.45) is 0 Å². The minimum absolute atomic E-state index is 0.0925. The molecule has 2 aromatic heterocycles. The second-order valence-corrected chi connectivity index (χ2v) is 6.70. The number of benzene rings is 2. The van der Waals surface area contributed by atoms with E-state index in [0.29, 0.717) is 22.2 Å². The van der Waals surface area contributed by atoms with Crippen LogP contribution in [-0.4, -0.2) is 11.0 Å². The number of thiophene rings is 1. The number of aromatic nitrogens is 1. The summed E-state index contributed by atoms with van der Waals surface area (Å²) in [7, 11) is 0. The molecule has 0 aliphatic heterocycles. The van der Waals surface area contributed by atoms with Gasteiger partial charge in [-0.1, -0.05) is 36.4 Å². The van der Waals surface area contributed by atoms with Gasteiger partial charge in [0.25, 0.3) is 0 Å². The third-order valence-electron chi connectivity index (χ3n) is 3.88. The molecule has 0 N–H and O–H groups in total. The molecule has 4 aromatic rings. The van der Waals surface area contributed by atoms with Crippen LogP contribution in [0.3, 0.4) is 0 Å². The Bertz CT molecular complexity index is 1000. The summed E-state index contributed by atoms with van der Waals surface area (Å²) in [5.41, 5.74) is 1.53. The largest absolute Gasteiger partial charge is 0.455 e. The van der Waals surface area contributed by atoms with E-state index >= 15 is 0 Å². The first-order chi connectivity index (χ1) is 12.2. The highest BCUT2D eigenvalue weighted by atomic mass is 32.1. The summed E-state index contributed by atoms with van der Waals surface area (Å²) >= 11 is 1.43. The van der Waals surface area contributed by atoms with Crippen LogP contribution in [0.4, 0.5) is 0 Å². The molecule has 0 unspecified atom stereocenters. The first kappa shape index (κ1) is 15.6. The third-order valence-corrected chi connectivity index (χ3v) is 4.98. The zero-order valence-electron chi connectivity index (χ0n) is 13.6. The number of hydrogen-bond acceptors (Lipinski definition) is 5. The van der Waals surface area contributed by atoms with E-state index in [1.807, 2.05) is 67.6 Å². The fourth-order valence-corrected chi connectivity index (χ4v) is 3.51. The van der Waals surface area contributed by atoms with E-state index in [2.05, 4.69) is 4.98 Å². The van der Waals surface area contributed by atoms with Crippen molar-refractivity contribution >= 4 is 27.4 Å². The van der Waals surface area contributed by atoms with Gasteiger partial charge in [-0.3, -0.25) is 0 Å². The van der Waals surface area contributed by atoms with Gasteiger partial charge in [0.15, 0.2) is 0 Å². The van der Waals surface area contributed by atoms with Gasteiger partial charge in [0.05, 0.1) is 0 Å². The lowest BCUT2D eigenvalue weighted by Crippen LogP contribution is -2.04. The molecular weight excluding hydrogens is 334 g/mol. The quantitative estimate of drug-likeness (QED) is 0.474. The molecule has 0 atom stereocenters. The molecule has 5 heteroatoms. The van der Waals surface area contributed by atoms with Crippen LogP contribution < -0.4 is 0 Å². The van der Waals surface area contributed by atoms with E-state index < -0.39 is 0 Å². The van der Waals surface area contributed by atoms with Gasteiger partial charge < -0.3 is 9.15 Å². The van der Waals surface area contributed by atoms with Crippen LogP contribution in [0, 0.1) is 6.92 Å². The zero-order chi connectivity index (χ0) is 17.2. The molecule has 0 radical (unpaired) electrons. The van der Waals surface area contributed by atoms with Crippen molar-refractivity contribution in [3.05, 3.63) is 77.0 Å². The molecule has 0 bridgehead atoms. The Kier molecular flexibility index (Phi) is 4.07. The highest BCUT2D eigenvalue weighted by Crippen LogP contribution is 2.26. The molecule has 0 saturated heterocycles. The molecule has 4 rings (SSSR count). The topological polar surface area (TPSA) is 52.3 Å². The van der Waals surface area contributed by atoms with Gasteiger partial charge in [0, 0.05) is 10.3 Å². The van der Waals surface area contributed by atoms with E-state index in [0.717, 1.165) is 15.6 Å². The Hall–Kier alpha value is -2.92. The van der Waals surface area contributed by atoms with Gasteiger partial charge in [0.2, 0.25) is 5.89 Å². The fourth-order valence-electron chi connectivity index (χ4n) is 2.55. The molecule has 25 heavy (non-hydrogen) atoms. The molecule has 0 aliphatic rings. The maximum Gasteiger partial charge on any atom is 0.348 e. The molecule has 0 amide bonds. The second-order valence-electron chi connectivity index (χ2n) is 5.61. The number of carbonyl (C=O) groups excluding carboxylic acids is 1. The van der Waals surface area contributed by atoms with Crippen molar-refractivity contribution in [1.82, 2.24) is 4.98 Å². The van der Waals surface area contributed by atoms with Gasteiger partial charge in [-0.15, -0.1) is 11.3 Å². The van der Waals surface area contributed by atoms with Crippen molar-refractivity contribution in [1.29, 1.82) is 0 Å². The molecule has 0 saturated carbocycles. The van der Waals surface area contributed by atoms with Crippen molar-refractivity contribution in [2.75, 3.05) is 0 Å². The van der Waals surface area contributed by atoms with E-state index in [1.54, 1.807) is 0 Å². The Morgan fingerprint density at radius 1 is 1.12 bits per heavy atom. The lowest BCUT2D eigenvalue weighted by Gasteiger charge is -2.00. The van der Waals surface area contributed by atoms with Crippen molar-refractivity contribution in [3.8, 4) is 11.5 Å². The van der Waals surface area contributed by atoms with Crippen LogP contribution in [0.1, 0.15) is 21.1 Å². The minimum Gasteiger partial charge on any atom is -0.455 e. The Morgan fingerprint density at radius 3 is 2.68 bits per heavy atom. The summed E-state index contributed by atoms with van der Waals surface area (Å²) in [5.74, 6) is 0.846. The summed E-state index contributed by atoms with van der Waals surface area (Å²) in [6, 6.07) is 19.4.